The summed E-state index contributed by atoms with van der Waals surface area (Å²) in [5.41, 5.74) is 0.310. The standard InChI is InChI=1S/C12H15N3O2S/c1-12(2,18-3)8-14-10-6-4-5-9(7-13)11(10)15(16)17/h4-6,14H,8H2,1-3H3. The first kappa shape index (κ1) is 14.3. The molecule has 1 N–H and O–H groups in total. The highest BCUT2D eigenvalue weighted by atomic mass is 32.2. The highest BCUT2D eigenvalue weighted by Gasteiger charge is 2.22. The Morgan fingerprint density at radius 1 is 1.56 bits per heavy atom. The highest BCUT2D eigenvalue weighted by molar-refractivity contribution is 7.99. The summed E-state index contributed by atoms with van der Waals surface area (Å²) in [7, 11) is 0. The Balaban J connectivity index is 3.03. The number of hydrogen-bond acceptors (Lipinski definition) is 5. The monoisotopic (exact) mass is 265 g/mol. The molecule has 0 radical (unpaired) electrons. The van der Waals surface area contributed by atoms with E-state index < -0.39 is 4.92 Å². The smallest absolute Gasteiger partial charge is 0.309 e. The molecule has 0 aromatic heterocycles. The maximum Gasteiger partial charge on any atom is 0.309 e. The summed E-state index contributed by atoms with van der Waals surface area (Å²) in [5, 5.41) is 22.9. The molecule has 0 atom stereocenters. The molecule has 0 fully saturated rings. The Morgan fingerprint density at radius 2 is 2.22 bits per heavy atom. The molecule has 0 bridgehead atoms. The molecular formula is C12H15N3O2S. The van der Waals surface area contributed by atoms with Crippen molar-refractivity contribution in [3.63, 3.8) is 0 Å². The Bertz CT molecular complexity index is 495. The van der Waals surface area contributed by atoms with Crippen molar-refractivity contribution < 1.29 is 4.92 Å². The van der Waals surface area contributed by atoms with Crippen LogP contribution in [0.15, 0.2) is 18.2 Å². The largest absolute Gasteiger partial charge is 0.378 e. The average Bonchev–Trinajstić information content (AvgIpc) is 2.35. The molecule has 1 aromatic rings. The van der Waals surface area contributed by atoms with Gasteiger partial charge in [-0.2, -0.15) is 17.0 Å². The summed E-state index contributed by atoms with van der Waals surface area (Å²) in [5.74, 6) is 0. The number of rotatable bonds is 5. The van der Waals surface area contributed by atoms with Crippen LogP contribution in [0.25, 0.3) is 0 Å². The van der Waals surface area contributed by atoms with E-state index in [0.29, 0.717) is 12.2 Å². The molecule has 0 aliphatic heterocycles. The Kier molecular flexibility index (Phi) is 4.56. The molecule has 6 heteroatoms. The van der Waals surface area contributed by atoms with E-state index in [2.05, 4.69) is 5.32 Å². The number of nitro groups is 1. The lowest BCUT2D eigenvalue weighted by molar-refractivity contribution is -0.384. The molecule has 0 amide bonds. The van der Waals surface area contributed by atoms with E-state index in [1.165, 1.54) is 6.07 Å². The first-order chi connectivity index (χ1) is 8.41. The fourth-order valence-corrected chi connectivity index (χ4v) is 1.57. The van der Waals surface area contributed by atoms with Crippen LogP contribution in [0.5, 0.6) is 0 Å². The molecule has 1 rings (SSSR count). The van der Waals surface area contributed by atoms with Crippen LogP contribution >= 0.6 is 11.8 Å². The van der Waals surface area contributed by atoms with Gasteiger partial charge >= 0.3 is 5.69 Å². The van der Waals surface area contributed by atoms with Crippen molar-refractivity contribution in [1.29, 1.82) is 5.26 Å². The molecule has 18 heavy (non-hydrogen) atoms. The van der Waals surface area contributed by atoms with E-state index in [1.54, 1.807) is 23.9 Å². The van der Waals surface area contributed by atoms with Crippen LogP contribution in [0.3, 0.4) is 0 Å². The number of nitro benzene ring substituents is 1. The summed E-state index contributed by atoms with van der Waals surface area (Å²) in [6.45, 7) is 4.68. The molecule has 0 aliphatic carbocycles. The number of nitrogens with one attached hydrogen (secondary N) is 1. The van der Waals surface area contributed by atoms with E-state index in [9.17, 15) is 10.1 Å². The van der Waals surface area contributed by atoms with Crippen molar-refractivity contribution in [1.82, 2.24) is 0 Å². The molecule has 0 unspecified atom stereocenters. The highest BCUT2D eigenvalue weighted by Crippen LogP contribution is 2.29. The van der Waals surface area contributed by atoms with Gasteiger partial charge in [0.15, 0.2) is 0 Å². The van der Waals surface area contributed by atoms with E-state index >= 15 is 0 Å². The van der Waals surface area contributed by atoms with Gasteiger partial charge in [-0.3, -0.25) is 10.1 Å². The van der Waals surface area contributed by atoms with Crippen LogP contribution in [0.2, 0.25) is 0 Å². The van der Waals surface area contributed by atoms with Gasteiger partial charge in [0.2, 0.25) is 0 Å². The minimum Gasteiger partial charge on any atom is -0.378 e. The first-order valence-corrected chi connectivity index (χ1v) is 6.60. The SMILES string of the molecule is CSC(C)(C)CNc1cccc(C#N)c1[N+](=O)[O-]. The molecule has 0 aliphatic rings. The zero-order valence-corrected chi connectivity index (χ0v) is 11.4. The minimum absolute atomic E-state index is 0.0312. The molecule has 0 heterocycles. The number of hydrogen-bond donors (Lipinski definition) is 1. The van der Waals surface area contributed by atoms with Gasteiger partial charge in [0.05, 0.1) is 4.92 Å². The number of thioether (sulfide) groups is 1. The minimum atomic E-state index is -0.521. The van der Waals surface area contributed by atoms with Gasteiger partial charge in [-0.15, -0.1) is 0 Å². The third-order valence-electron chi connectivity index (χ3n) is 2.60. The van der Waals surface area contributed by atoms with Gasteiger partial charge in [-0.25, -0.2) is 0 Å². The maximum absolute atomic E-state index is 11.0. The van der Waals surface area contributed by atoms with Crippen molar-refractivity contribution in [2.45, 2.75) is 18.6 Å². The summed E-state index contributed by atoms with van der Waals surface area (Å²) in [6.07, 6.45) is 1.99. The number of benzene rings is 1. The topological polar surface area (TPSA) is 79.0 Å². The second kappa shape index (κ2) is 5.74. The van der Waals surface area contributed by atoms with Gasteiger partial charge in [0.1, 0.15) is 17.3 Å². The summed E-state index contributed by atoms with van der Waals surface area (Å²) in [6, 6.07) is 6.55. The van der Waals surface area contributed by atoms with Crippen LogP contribution in [0, 0.1) is 21.4 Å². The van der Waals surface area contributed by atoms with Crippen LogP contribution < -0.4 is 5.32 Å². The van der Waals surface area contributed by atoms with Crippen LogP contribution in [-0.2, 0) is 0 Å². The quantitative estimate of drug-likeness (QED) is 0.654. The molecular weight excluding hydrogens is 250 g/mol. The summed E-state index contributed by atoms with van der Waals surface area (Å²) in [4.78, 5) is 10.5. The number of nitriles is 1. The molecule has 1 aromatic carbocycles. The molecule has 0 spiro atoms. The Hall–Kier alpha value is -1.74. The van der Waals surface area contributed by atoms with Gasteiger partial charge in [-0.05, 0) is 32.2 Å². The first-order valence-electron chi connectivity index (χ1n) is 5.38. The fourth-order valence-electron chi connectivity index (χ4n) is 1.35. The van der Waals surface area contributed by atoms with E-state index in [0.717, 1.165) is 0 Å². The van der Waals surface area contributed by atoms with Crippen LogP contribution in [-0.4, -0.2) is 22.5 Å². The molecule has 0 saturated carbocycles. The predicted molar refractivity (Wildman–Crippen MR) is 73.9 cm³/mol. The number of anilines is 1. The molecule has 96 valence electrons. The van der Waals surface area contributed by atoms with E-state index in [4.69, 9.17) is 5.26 Å². The number of nitrogens with zero attached hydrogens (tertiary/aromatic N) is 2. The van der Waals surface area contributed by atoms with Crippen molar-refractivity contribution in [3.8, 4) is 6.07 Å². The number of para-hydroxylation sites is 1. The molecule has 0 saturated heterocycles. The lowest BCUT2D eigenvalue weighted by atomic mass is 10.1. The van der Waals surface area contributed by atoms with Crippen molar-refractivity contribution >= 4 is 23.1 Å². The Labute approximate surface area is 110 Å². The van der Waals surface area contributed by atoms with Gasteiger partial charge < -0.3 is 5.32 Å². The normalized spacial score (nSPS) is 10.8. The third kappa shape index (κ3) is 3.37. The second-order valence-electron chi connectivity index (χ2n) is 4.39. The second-order valence-corrected chi connectivity index (χ2v) is 5.90. The van der Waals surface area contributed by atoms with Gasteiger partial charge in [0.25, 0.3) is 0 Å². The maximum atomic E-state index is 11.0. The molecule has 5 nitrogen and oxygen atoms in total. The summed E-state index contributed by atoms with van der Waals surface area (Å²) >= 11 is 1.67. The fraction of sp³-hybridized carbons (Fsp3) is 0.417. The predicted octanol–water partition coefficient (Wildman–Crippen LogP) is 3.02. The van der Waals surface area contributed by atoms with Gasteiger partial charge in [0, 0.05) is 11.3 Å². The summed E-state index contributed by atoms with van der Waals surface area (Å²) < 4.78 is -0.0312. The lowest BCUT2D eigenvalue weighted by Crippen LogP contribution is -2.26. The van der Waals surface area contributed by atoms with Crippen molar-refractivity contribution in [3.05, 3.63) is 33.9 Å². The van der Waals surface area contributed by atoms with E-state index in [-0.39, 0.29) is 16.0 Å². The van der Waals surface area contributed by atoms with Crippen LogP contribution in [0.1, 0.15) is 19.4 Å². The van der Waals surface area contributed by atoms with Crippen molar-refractivity contribution in [2.75, 3.05) is 18.1 Å². The zero-order chi connectivity index (χ0) is 13.8. The van der Waals surface area contributed by atoms with Crippen LogP contribution in [0.4, 0.5) is 11.4 Å². The van der Waals surface area contributed by atoms with Crippen molar-refractivity contribution in [2.24, 2.45) is 0 Å². The Morgan fingerprint density at radius 3 is 2.72 bits per heavy atom. The zero-order valence-electron chi connectivity index (χ0n) is 10.6. The third-order valence-corrected chi connectivity index (χ3v) is 3.85. The van der Waals surface area contributed by atoms with Gasteiger partial charge in [-0.1, -0.05) is 6.07 Å². The van der Waals surface area contributed by atoms with E-state index in [1.807, 2.05) is 26.2 Å². The lowest BCUT2D eigenvalue weighted by Gasteiger charge is -2.22. The average molecular weight is 265 g/mol.